The van der Waals surface area contributed by atoms with Crippen LogP contribution < -0.4 is 0 Å². The van der Waals surface area contributed by atoms with Crippen LogP contribution in [0, 0.1) is 5.92 Å². The summed E-state index contributed by atoms with van der Waals surface area (Å²) in [5.74, 6) is -1.36. The fourth-order valence-electron chi connectivity index (χ4n) is 2.10. The van der Waals surface area contributed by atoms with Crippen LogP contribution in [0.3, 0.4) is 0 Å². The van der Waals surface area contributed by atoms with Crippen LogP contribution in [-0.4, -0.2) is 40.7 Å². The summed E-state index contributed by atoms with van der Waals surface area (Å²) in [5, 5.41) is 0. The van der Waals surface area contributed by atoms with Gasteiger partial charge < -0.3 is 0 Å². The van der Waals surface area contributed by atoms with Crippen LogP contribution in [0.4, 0.5) is 4.79 Å². The second-order valence-electron chi connectivity index (χ2n) is 5.32. The maximum absolute atomic E-state index is 12.1. The number of amides is 4. The Morgan fingerprint density at radius 2 is 1.62 bits per heavy atom. The first kappa shape index (κ1) is 15.0. The van der Waals surface area contributed by atoms with E-state index in [1.807, 2.05) is 50.3 Å². The number of imide groups is 2. The van der Waals surface area contributed by atoms with Crippen molar-refractivity contribution in [1.82, 2.24) is 9.80 Å². The molecule has 110 valence electrons. The van der Waals surface area contributed by atoms with Crippen molar-refractivity contribution in [2.24, 2.45) is 5.92 Å². The molecule has 1 fully saturated rings. The van der Waals surface area contributed by atoms with Gasteiger partial charge in [0.25, 0.3) is 0 Å². The van der Waals surface area contributed by atoms with Gasteiger partial charge in [-0.15, -0.1) is 0 Å². The van der Waals surface area contributed by atoms with E-state index in [0.717, 1.165) is 15.4 Å². The number of nitrogens with zero attached hydrogens (tertiary/aromatic N) is 2. The second kappa shape index (κ2) is 6.35. The molecule has 0 saturated carbocycles. The van der Waals surface area contributed by atoms with Crippen LogP contribution in [0.1, 0.15) is 19.4 Å². The highest BCUT2D eigenvalue weighted by molar-refractivity contribution is 6.44. The van der Waals surface area contributed by atoms with Gasteiger partial charge in [-0.05, 0) is 11.5 Å². The van der Waals surface area contributed by atoms with Crippen LogP contribution in [-0.2, 0) is 9.59 Å². The van der Waals surface area contributed by atoms with Gasteiger partial charge in [0.1, 0.15) is 0 Å². The molecule has 0 radical (unpaired) electrons. The Balaban J connectivity index is 2.03. The molecule has 4 amide bonds. The summed E-state index contributed by atoms with van der Waals surface area (Å²) in [4.78, 5) is 37.7. The molecule has 0 aromatic heterocycles. The van der Waals surface area contributed by atoms with E-state index in [-0.39, 0.29) is 19.0 Å². The third-order valence-corrected chi connectivity index (χ3v) is 3.08. The summed E-state index contributed by atoms with van der Waals surface area (Å²) >= 11 is 0. The van der Waals surface area contributed by atoms with Crippen LogP contribution in [0.25, 0.3) is 6.08 Å². The van der Waals surface area contributed by atoms with E-state index < -0.39 is 17.8 Å². The Kier molecular flexibility index (Phi) is 4.52. The number of hydrogen-bond acceptors (Lipinski definition) is 3. The number of carbonyl (C=O) groups excluding carboxylic acids is 3. The third-order valence-electron chi connectivity index (χ3n) is 3.08. The van der Waals surface area contributed by atoms with E-state index in [0.29, 0.717) is 0 Å². The van der Waals surface area contributed by atoms with Gasteiger partial charge >= 0.3 is 17.8 Å². The number of carbonyl (C=O) groups is 3. The number of urea groups is 1. The number of benzene rings is 1. The molecule has 2 rings (SSSR count). The molecule has 5 heteroatoms. The van der Waals surface area contributed by atoms with Gasteiger partial charge in [-0.3, -0.25) is 19.4 Å². The van der Waals surface area contributed by atoms with Crippen molar-refractivity contribution in [2.75, 3.05) is 13.1 Å². The lowest BCUT2D eigenvalue weighted by molar-refractivity contribution is -0.143. The minimum absolute atomic E-state index is 0.104. The normalized spacial score (nSPS) is 15.9. The van der Waals surface area contributed by atoms with Crippen molar-refractivity contribution < 1.29 is 14.4 Å². The second-order valence-corrected chi connectivity index (χ2v) is 5.32. The molecule has 1 aromatic rings. The molecule has 1 aliphatic heterocycles. The molecule has 0 unspecified atom stereocenters. The SMILES string of the molecule is CC(C)CN1C(=O)C(=O)N(C/C=C/c2ccccc2)C1=O. The minimum atomic E-state index is -0.752. The van der Waals surface area contributed by atoms with E-state index >= 15 is 0 Å². The molecule has 1 aliphatic rings. The van der Waals surface area contributed by atoms with Gasteiger partial charge in [-0.25, -0.2) is 4.79 Å². The predicted molar refractivity (Wildman–Crippen MR) is 79.1 cm³/mol. The van der Waals surface area contributed by atoms with Gasteiger partial charge in [-0.2, -0.15) is 0 Å². The number of hydrogen-bond donors (Lipinski definition) is 0. The quantitative estimate of drug-likeness (QED) is 0.615. The highest BCUT2D eigenvalue weighted by atomic mass is 16.2. The standard InChI is InChI=1S/C16H18N2O3/c1-12(2)11-18-15(20)14(19)17(16(18)21)10-6-9-13-7-4-3-5-8-13/h3-9,12H,10-11H2,1-2H3/b9-6+. The van der Waals surface area contributed by atoms with E-state index in [2.05, 4.69) is 0 Å². The Morgan fingerprint density at radius 1 is 1.00 bits per heavy atom. The van der Waals surface area contributed by atoms with Gasteiger partial charge in [0, 0.05) is 13.1 Å². The first-order valence-electron chi connectivity index (χ1n) is 6.89. The summed E-state index contributed by atoms with van der Waals surface area (Å²) in [5.41, 5.74) is 0.974. The Hall–Kier alpha value is -2.43. The van der Waals surface area contributed by atoms with Crippen LogP contribution >= 0.6 is 0 Å². The molecule has 1 saturated heterocycles. The fourth-order valence-corrected chi connectivity index (χ4v) is 2.10. The summed E-state index contributed by atoms with van der Waals surface area (Å²) < 4.78 is 0. The zero-order chi connectivity index (χ0) is 15.4. The van der Waals surface area contributed by atoms with Crippen LogP contribution in [0.5, 0.6) is 0 Å². The van der Waals surface area contributed by atoms with Crippen molar-refractivity contribution in [3.05, 3.63) is 42.0 Å². The topological polar surface area (TPSA) is 57.7 Å². The van der Waals surface area contributed by atoms with Gasteiger partial charge in [-0.1, -0.05) is 56.3 Å². The first-order chi connectivity index (χ1) is 10.0. The average molecular weight is 286 g/mol. The zero-order valence-electron chi connectivity index (χ0n) is 12.2. The first-order valence-corrected chi connectivity index (χ1v) is 6.89. The highest BCUT2D eigenvalue weighted by Gasteiger charge is 2.43. The summed E-state index contributed by atoms with van der Waals surface area (Å²) in [6.07, 6.45) is 3.52. The van der Waals surface area contributed by atoms with Crippen molar-refractivity contribution in [2.45, 2.75) is 13.8 Å². The molecule has 0 bridgehead atoms. The van der Waals surface area contributed by atoms with E-state index in [9.17, 15) is 14.4 Å². The van der Waals surface area contributed by atoms with Gasteiger partial charge in [0.15, 0.2) is 0 Å². The molecule has 0 atom stereocenters. The van der Waals surface area contributed by atoms with E-state index in [4.69, 9.17) is 0 Å². The monoisotopic (exact) mass is 286 g/mol. The summed E-state index contributed by atoms with van der Waals surface area (Å²) in [7, 11) is 0. The van der Waals surface area contributed by atoms with Crippen molar-refractivity contribution in [3.63, 3.8) is 0 Å². The van der Waals surface area contributed by atoms with Crippen molar-refractivity contribution in [3.8, 4) is 0 Å². The lowest BCUT2D eigenvalue weighted by Crippen LogP contribution is -2.35. The predicted octanol–water partition coefficient (Wildman–Crippen LogP) is 2.15. The van der Waals surface area contributed by atoms with Gasteiger partial charge in [0.05, 0.1) is 0 Å². The summed E-state index contributed by atoms with van der Waals surface area (Å²) in [6.45, 7) is 4.15. The van der Waals surface area contributed by atoms with Crippen molar-refractivity contribution >= 4 is 23.9 Å². The Bertz CT molecular complexity index is 578. The molecule has 1 heterocycles. The molecule has 0 aliphatic carbocycles. The molecular weight excluding hydrogens is 268 g/mol. The average Bonchev–Trinajstić information content (AvgIpc) is 2.65. The Labute approximate surface area is 123 Å². The lowest BCUT2D eigenvalue weighted by atomic mass is 10.2. The smallest absolute Gasteiger partial charge is 0.263 e. The number of rotatable bonds is 5. The Morgan fingerprint density at radius 3 is 2.24 bits per heavy atom. The van der Waals surface area contributed by atoms with E-state index in [1.165, 1.54) is 0 Å². The van der Waals surface area contributed by atoms with E-state index in [1.54, 1.807) is 6.08 Å². The summed E-state index contributed by atoms with van der Waals surface area (Å²) in [6, 6.07) is 9.02. The van der Waals surface area contributed by atoms with Crippen LogP contribution in [0.15, 0.2) is 36.4 Å². The highest BCUT2D eigenvalue weighted by Crippen LogP contribution is 2.14. The maximum Gasteiger partial charge on any atom is 0.334 e. The largest absolute Gasteiger partial charge is 0.334 e. The minimum Gasteiger partial charge on any atom is -0.263 e. The van der Waals surface area contributed by atoms with Crippen molar-refractivity contribution in [1.29, 1.82) is 0 Å². The molecule has 5 nitrogen and oxygen atoms in total. The van der Waals surface area contributed by atoms with Gasteiger partial charge in [0.2, 0.25) is 0 Å². The van der Waals surface area contributed by atoms with Crippen LogP contribution in [0.2, 0.25) is 0 Å². The molecule has 21 heavy (non-hydrogen) atoms. The fraction of sp³-hybridized carbons (Fsp3) is 0.312. The molecule has 0 spiro atoms. The maximum atomic E-state index is 12.1. The molecular formula is C16H18N2O3. The molecule has 0 N–H and O–H groups in total. The molecule has 1 aromatic carbocycles. The third kappa shape index (κ3) is 3.37. The zero-order valence-corrected chi connectivity index (χ0v) is 12.2. The lowest BCUT2D eigenvalue weighted by Gasteiger charge is -2.15.